The molecule has 1 saturated carbocycles. The first-order valence-corrected chi connectivity index (χ1v) is 6.66. The van der Waals surface area contributed by atoms with Gasteiger partial charge in [-0.25, -0.2) is 9.97 Å². The number of carbonyl (C=O) groups is 1. The van der Waals surface area contributed by atoms with E-state index < -0.39 is 18.5 Å². The molecule has 0 radical (unpaired) electrons. The van der Waals surface area contributed by atoms with Gasteiger partial charge in [0.2, 0.25) is 0 Å². The van der Waals surface area contributed by atoms with Crippen molar-refractivity contribution in [3.63, 3.8) is 0 Å². The van der Waals surface area contributed by atoms with Crippen LogP contribution in [0.4, 0.5) is 17.3 Å². The first-order chi connectivity index (χ1) is 11.4. The van der Waals surface area contributed by atoms with E-state index in [-0.39, 0.29) is 17.3 Å². The Morgan fingerprint density at radius 3 is 3.05 bits per heavy atom. The highest BCUT2D eigenvalue weighted by molar-refractivity contribution is 6.12. The molecule has 0 bridgehead atoms. The SMILES string of the molecule is [2H]C([2H])([2H])c1c(O)cnc2c1NC(=O)c1cccnc1N2C1CC1. The molecule has 2 aromatic rings. The van der Waals surface area contributed by atoms with Gasteiger partial charge in [-0.15, -0.1) is 0 Å². The number of aromatic nitrogens is 2. The normalized spacial score (nSPS) is 19.5. The summed E-state index contributed by atoms with van der Waals surface area (Å²) in [4.78, 5) is 22.9. The zero-order valence-electron chi connectivity index (χ0n) is 14.0. The molecular weight excluding hydrogens is 268 g/mol. The van der Waals surface area contributed by atoms with E-state index in [1.807, 2.05) is 0 Å². The lowest BCUT2D eigenvalue weighted by molar-refractivity contribution is 0.102. The Balaban J connectivity index is 2.02. The summed E-state index contributed by atoms with van der Waals surface area (Å²) in [6.07, 6.45) is 4.48. The lowest BCUT2D eigenvalue weighted by atomic mass is 10.2. The van der Waals surface area contributed by atoms with Crippen molar-refractivity contribution in [2.45, 2.75) is 25.7 Å². The quantitative estimate of drug-likeness (QED) is 0.841. The molecular formula is C15H14N4O2. The van der Waals surface area contributed by atoms with Gasteiger partial charge in [-0.3, -0.25) is 4.79 Å². The lowest BCUT2D eigenvalue weighted by Gasteiger charge is -2.23. The highest BCUT2D eigenvalue weighted by atomic mass is 16.3. The predicted octanol–water partition coefficient (Wildman–Crippen LogP) is 2.36. The van der Waals surface area contributed by atoms with Crippen molar-refractivity contribution < 1.29 is 14.0 Å². The summed E-state index contributed by atoms with van der Waals surface area (Å²) < 4.78 is 23.1. The molecule has 2 aromatic heterocycles. The van der Waals surface area contributed by atoms with Gasteiger partial charge in [0.1, 0.15) is 11.6 Å². The summed E-state index contributed by atoms with van der Waals surface area (Å²) in [5, 5.41) is 12.6. The van der Waals surface area contributed by atoms with Crippen molar-refractivity contribution in [3.05, 3.63) is 35.7 Å². The third-order valence-corrected chi connectivity index (χ3v) is 3.68. The van der Waals surface area contributed by atoms with Crippen LogP contribution >= 0.6 is 0 Å². The van der Waals surface area contributed by atoms with Crippen LogP contribution in [0.5, 0.6) is 5.75 Å². The van der Waals surface area contributed by atoms with Gasteiger partial charge in [0, 0.05) is 21.9 Å². The largest absolute Gasteiger partial charge is 0.506 e. The summed E-state index contributed by atoms with van der Waals surface area (Å²) in [7, 11) is 0. The maximum Gasteiger partial charge on any atom is 0.259 e. The first-order valence-electron chi connectivity index (χ1n) is 8.16. The van der Waals surface area contributed by atoms with E-state index in [0.717, 1.165) is 19.0 Å². The molecule has 1 aliphatic carbocycles. The Morgan fingerprint density at radius 1 is 1.43 bits per heavy atom. The molecule has 1 fully saturated rings. The number of hydrogen-bond acceptors (Lipinski definition) is 5. The summed E-state index contributed by atoms with van der Waals surface area (Å²) in [5.74, 6) is -0.192. The minimum atomic E-state index is -2.59. The number of rotatable bonds is 1. The van der Waals surface area contributed by atoms with Gasteiger partial charge in [0.05, 0.1) is 17.4 Å². The molecule has 2 N–H and O–H groups in total. The zero-order chi connectivity index (χ0) is 17.1. The van der Waals surface area contributed by atoms with Gasteiger partial charge in [-0.2, -0.15) is 0 Å². The molecule has 1 amide bonds. The average Bonchev–Trinajstić information content (AvgIpc) is 3.33. The van der Waals surface area contributed by atoms with Crippen LogP contribution in [0.25, 0.3) is 0 Å². The number of amides is 1. The number of aromatic hydroxyl groups is 1. The minimum absolute atomic E-state index is 0.0184. The van der Waals surface area contributed by atoms with E-state index in [9.17, 15) is 9.90 Å². The second-order valence-electron chi connectivity index (χ2n) is 5.15. The highest BCUT2D eigenvalue weighted by Crippen LogP contribution is 2.45. The molecule has 106 valence electrons. The van der Waals surface area contributed by atoms with Crippen LogP contribution in [-0.2, 0) is 0 Å². The number of hydrogen-bond donors (Lipinski definition) is 2. The van der Waals surface area contributed by atoms with Crippen molar-refractivity contribution in [2.24, 2.45) is 0 Å². The van der Waals surface area contributed by atoms with E-state index in [1.165, 1.54) is 0 Å². The molecule has 21 heavy (non-hydrogen) atoms. The Hall–Kier alpha value is -2.63. The zero-order valence-corrected chi connectivity index (χ0v) is 11.0. The van der Waals surface area contributed by atoms with E-state index >= 15 is 0 Å². The molecule has 0 spiro atoms. The Kier molecular flexibility index (Phi) is 1.86. The number of pyridine rings is 2. The fourth-order valence-electron chi connectivity index (χ4n) is 2.52. The van der Waals surface area contributed by atoms with Crippen molar-refractivity contribution >= 4 is 23.2 Å². The van der Waals surface area contributed by atoms with Crippen LogP contribution < -0.4 is 10.2 Å². The lowest BCUT2D eigenvalue weighted by Crippen LogP contribution is -2.22. The summed E-state index contributed by atoms with van der Waals surface area (Å²) in [6, 6.07) is 3.38. The molecule has 0 aromatic carbocycles. The maximum absolute atomic E-state index is 12.6. The van der Waals surface area contributed by atoms with Crippen molar-refractivity contribution in [1.29, 1.82) is 0 Å². The topological polar surface area (TPSA) is 78.4 Å². The first kappa shape index (κ1) is 9.33. The molecule has 6 nitrogen and oxygen atoms in total. The molecule has 0 saturated heterocycles. The summed E-state index contributed by atoms with van der Waals surface area (Å²) >= 11 is 0. The molecule has 0 atom stereocenters. The minimum Gasteiger partial charge on any atom is -0.506 e. The third kappa shape index (κ3) is 1.75. The standard InChI is InChI=1S/C15H14N4O2/c1-8-11(20)7-17-14-12(8)18-15(21)10-3-2-6-16-13(10)19(14)9-4-5-9/h2-3,6-7,9,20H,4-5H2,1H3,(H,18,21)/i1D3. The number of nitrogens with one attached hydrogen (secondary N) is 1. The van der Waals surface area contributed by atoms with Crippen LogP contribution in [0.2, 0.25) is 0 Å². The smallest absolute Gasteiger partial charge is 0.259 e. The van der Waals surface area contributed by atoms with Crippen LogP contribution in [-0.4, -0.2) is 27.0 Å². The van der Waals surface area contributed by atoms with Gasteiger partial charge in [0.25, 0.3) is 5.91 Å². The van der Waals surface area contributed by atoms with Gasteiger partial charge >= 0.3 is 0 Å². The monoisotopic (exact) mass is 285 g/mol. The van der Waals surface area contributed by atoms with Gasteiger partial charge in [-0.05, 0) is 31.8 Å². The third-order valence-electron chi connectivity index (χ3n) is 3.68. The molecule has 1 aliphatic heterocycles. The number of nitrogens with zero attached hydrogens (tertiary/aromatic N) is 3. The molecule has 3 heterocycles. The van der Waals surface area contributed by atoms with Crippen LogP contribution in [0.3, 0.4) is 0 Å². The molecule has 4 rings (SSSR count). The predicted molar refractivity (Wildman–Crippen MR) is 78.0 cm³/mol. The maximum atomic E-state index is 12.6. The number of fused-ring (bicyclic) bond motifs is 2. The van der Waals surface area contributed by atoms with Crippen molar-refractivity contribution in [1.82, 2.24) is 9.97 Å². The highest BCUT2D eigenvalue weighted by Gasteiger charge is 2.38. The number of carbonyl (C=O) groups excluding carboxylic acids is 1. The van der Waals surface area contributed by atoms with Crippen molar-refractivity contribution in [2.75, 3.05) is 10.2 Å². The van der Waals surface area contributed by atoms with Crippen LogP contribution in [0, 0.1) is 6.85 Å². The fourth-order valence-corrected chi connectivity index (χ4v) is 2.52. The van der Waals surface area contributed by atoms with Crippen LogP contribution in [0.1, 0.15) is 32.9 Å². The van der Waals surface area contributed by atoms with E-state index in [1.54, 1.807) is 23.2 Å². The Bertz CT molecular complexity index is 849. The fraction of sp³-hybridized carbons (Fsp3) is 0.267. The second-order valence-corrected chi connectivity index (χ2v) is 5.15. The second kappa shape index (κ2) is 4.18. The van der Waals surface area contributed by atoms with E-state index in [4.69, 9.17) is 4.11 Å². The van der Waals surface area contributed by atoms with Crippen LogP contribution in [0.15, 0.2) is 24.5 Å². The molecule has 0 unspecified atom stereocenters. The van der Waals surface area contributed by atoms with Crippen molar-refractivity contribution in [3.8, 4) is 5.75 Å². The Morgan fingerprint density at radius 2 is 2.29 bits per heavy atom. The average molecular weight is 285 g/mol. The number of anilines is 3. The summed E-state index contributed by atoms with van der Waals surface area (Å²) in [5.41, 5.74) is 0.0580. The van der Waals surface area contributed by atoms with E-state index in [0.29, 0.717) is 17.2 Å². The van der Waals surface area contributed by atoms with E-state index in [2.05, 4.69) is 15.3 Å². The molecule has 2 aliphatic rings. The summed E-state index contributed by atoms with van der Waals surface area (Å²) in [6.45, 7) is -2.59. The molecule has 6 heteroatoms. The van der Waals surface area contributed by atoms with Gasteiger partial charge < -0.3 is 15.3 Å². The Labute approximate surface area is 125 Å². The van der Waals surface area contributed by atoms with Gasteiger partial charge in [-0.1, -0.05) is 0 Å². The van der Waals surface area contributed by atoms with Gasteiger partial charge in [0.15, 0.2) is 5.82 Å².